The van der Waals surface area contributed by atoms with Gasteiger partial charge in [-0.25, -0.2) is 0 Å². The normalized spacial score (nSPS) is 16.9. The topological polar surface area (TPSA) is 57.6 Å². The molecule has 2 aromatic rings. The van der Waals surface area contributed by atoms with Crippen molar-refractivity contribution in [1.82, 2.24) is 4.90 Å². The molecular formula is C22H25NO3S. The molecule has 1 amide bonds. The molecule has 1 heterocycles. The van der Waals surface area contributed by atoms with Gasteiger partial charge in [0.15, 0.2) is 0 Å². The molecule has 0 aliphatic carbocycles. The fraction of sp³-hybridized carbons (Fsp3) is 0.364. The first-order chi connectivity index (χ1) is 13.1. The number of hydrogen-bond donors (Lipinski definition) is 1. The van der Waals surface area contributed by atoms with Crippen LogP contribution in [0.25, 0.3) is 0 Å². The molecule has 2 aromatic carbocycles. The van der Waals surface area contributed by atoms with E-state index in [1.165, 1.54) is 5.56 Å². The number of carboxylic acid groups (broad SMARTS) is 1. The third kappa shape index (κ3) is 5.36. The summed E-state index contributed by atoms with van der Waals surface area (Å²) < 4.78 is 0. The maximum Gasteiger partial charge on any atom is 0.308 e. The number of aliphatic carboxylic acids is 1. The van der Waals surface area contributed by atoms with Crippen LogP contribution in [0.1, 0.15) is 35.2 Å². The first-order valence-electron chi connectivity index (χ1n) is 9.43. The first-order valence-corrected chi connectivity index (χ1v) is 10.4. The minimum Gasteiger partial charge on any atom is -0.481 e. The van der Waals surface area contributed by atoms with Gasteiger partial charge in [0.25, 0.3) is 5.91 Å². The van der Waals surface area contributed by atoms with Crippen LogP contribution in [0.15, 0.2) is 59.5 Å². The number of carbonyl (C=O) groups excluding carboxylic acids is 1. The lowest BCUT2D eigenvalue weighted by Crippen LogP contribution is -2.42. The van der Waals surface area contributed by atoms with E-state index in [-0.39, 0.29) is 5.91 Å². The molecule has 142 valence electrons. The summed E-state index contributed by atoms with van der Waals surface area (Å²) in [5, 5.41) is 9.26. The Morgan fingerprint density at radius 1 is 1.07 bits per heavy atom. The number of benzene rings is 2. The summed E-state index contributed by atoms with van der Waals surface area (Å²) in [4.78, 5) is 26.9. The third-order valence-electron chi connectivity index (χ3n) is 4.89. The Kier molecular flexibility index (Phi) is 6.93. The van der Waals surface area contributed by atoms with Crippen LogP contribution in [0.3, 0.4) is 0 Å². The van der Waals surface area contributed by atoms with Gasteiger partial charge in [-0.2, -0.15) is 0 Å². The number of aryl methyl sites for hydroxylation is 1. The maximum absolute atomic E-state index is 13.0. The molecule has 1 saturated heterocycles. The van der Waals surface area contributed by atoms with Crippen molar-refractivity contribution in [3.8, 4) is 0 Å². The zero-order valence-corrected chi connectivity index (χ0v) is 16.2. The molecule has 0 radical (unpaired) electrons. The number of thioether (sulfide) groups is 1. The molecule has 1 aliphatic heterocycles. The molecule has 1 fully saturated rings. The second kappa shape index (κ2) is 9.60. The molecule has 5 heteroatoms. The van der Waals surface area contributed by atoms with E-state index in [4.69, 9.17) is 0 Å². The summed E-state index contributed by atoms with van der Waals surface area (Å²) in [5.41, 5.74) is 2.02. The van der Waals surface area contributed by atoms with Crippen molar-refractivity contribution < 1.29 is 14.7 Å². The summed E-state index contributed by atoms with van der Waals surface area (Å²) in [7, 11) is 0. The molecule has 0 aromatic heterocycles. The molecular weight excluding hydrogens is 358 g/mol. The zero-order chi connectivity index (χ0) is 19.1. The number of carboxylic acids is 1. The Hall–Kier alpha value is -2.27. The highest BCUT2D eigenvalue weighted by atomic mass is 32.2. The lowest BCUT2D eigenvalue weighted by molar-refractivity contribution is -0.143. The molecule has 3 rings (SSSR count). The van der Waals surface area contributed by atoms with Gasteiger partial charge in [-0.15, -0.1) is 11.8 Å². The van der Waals surface area contributed by atoms with Crippen LogP contribution in [-0.2, 0) is 11.2 Å². The van der Waals surface area contributed by atoms with Gasteiger partial charge in [0, 0.05) is 18.0 Å². The number of hydrogen-bond acceptors (Lipinski definition) is 3. The van der Waals surface area contributed by atoms with Crippen LogP contribution in [0.2, 0.25) is 0 Å². The fourth-order valence-electron chi connectivity index (χ4n) is 3.41. The standard InChI is InChI=1S/C22H25NO3S/c24-21(23-14-6-11-18(16-23)22(25)26)19-12-4-5-13-20(19)27-15-7-10-17-8-2-1-3-9-17/h1-5,8-9,12-13,18H,6-7,10-11,14-16H2,(H,25,26)/t18-/m0/s1. The number of nitrogens with zero attached hydrogens (tertiary/aromatic N) is 1. The molecule has 1 atom stereocenters. The number of carbonyl (C=O) groups is 2. The summed E-state index contributed by atoms with van der Waals surface area (Å²) in [5.74, 6) is -0.367. The third-order valence-corrected chi connectivity index (χ3v) is 6.05. The van der Waals surface area contributed by atoms with Crippen LogP contribution in [0.5, 0.6) is 0 Å². The van der Waals surface area contributed by atoms with Crippen LogP contribution < -0.4 is 0 Å². The summed E-state index contributed by atoms with van der Waals surface area (Å²) >= 11 is 1.70. The van der Waals surface area contributed by atoms with Crippen molar-refractivity contribution in [2.24, 2.45) is 5.92 Å². The monoisotopic (exact) mass is 383 g/mol. The molecule has 1 N–H and O–H groups in total. The molecule has 0 saturated carbocycles. The smallest absolute Gasteiger partial charge is 0.308 e. The molecule has 0 spiro atoms. The minimum atomic E-state index is -0.809. The van der Waals surface area contributed by atoms with E-state index in [2.05, 4.69) is 24.3 Å². The summed E-state index contributed by atoms with van der Waals surface area (Å²) in [6.45, 7) is 0.941. The summed E-state index contributed by atoms with van der Waals surface area (Å²) in [6.07, 6.45) is 3.46. The predicted molar refractivity (Wildman–Crippen MR) is 108 cm³/mol. The molecule has 4 nitrogen and oxygen atoms in total. The van der Waals surface area contributed by atoms with E-state index < -0.39 is 11.9 Å². The highest BCUT2D eigenvalue weighted by Crippen LogP contribution is 2.27. The van der Waals surface area contributed by atoms with Crippen LogP contribution >= 0.6 is 11.8 Å². The predicted octanol–water partition coefficient (Wildman–Crippen LogP) is 4.35. The van der Waals surface area contributed by atoms with E-state index in [0.29, 0.717) is 25.1 Å². The van der Waals surface area contributed by atoms with Crippen molar-refractivity contribution >= 4 is 23.6 Å². The first kappa shape index (κ1) is 19.5. The molecule has 0 bridgehead atoms. The average molecular weight is 384 g/mol. The Bertz CT molecular complexity index is 778. The van der Waals surface area contributed by atoms with E-state index in [9.17, 15) is 14.7 Å². The Labute approximate surface area is 164 Å². The van der Waals surface area contributed by atoms with Crippen molar-refractivity contribution in [2.75, 3.05) is 18.8 Å². The van der Waals surface area contributed by atoms with Gasteiger partial charge >= 0.3 is 5.97 Å². The molecule has 1 aliphatic rings. The number of rotatable bonds is 7. The van der Waals surface area contributed by atoms with Crippen molar-refractivity contribution in [3.63, 3.8) is 0 Å². The average Bonchev–Trinajstić information content (AvgIpc) is 2.72. The lowest BCUT2D eigenvalue weighted by atomic mass is 9.97. The van der Waals surface area contributed by atoms with Gasteiger partial charge in [0.05, 0.1) is 11.5 Å². The quantitative estimate of drug-likeness (QED) is 0.570. The second-order valence-corrected chi connectivity index (χ2v) is 8.00. The fourth-order valence-corrected chi connectivity index (χ4v) is 4.40. The van der Waals surface area contributed by atoms with Crippen molar-refractivity contribution in [1.29, 1.82) is 0 Å². The van der Waals surface area contributed by atoms with Crippen LogP contribution in [0, 0.1) is 5.92 Å². The zero-order valence-electron chi connectivity index (χ0n) is 15.3. The van der Waals surface area contributed by atoms with Crippen molar-refractivity contribution in [2.45, 2.75) is 30.6 Å². The van der Waals surface area contributed by atoms with E-state index >= 15 is 0 Å². The number of amides is 1. The van der Waals surface area contributed by atoms with Gasteiger partial charge in [-0.1, -0.05) is 42.5 Å². The van der Waals surface area contributed by atoms with E-state index in [0.717, 1.165) is 29.9 Å². The number of likely N-dealkylation sites (tertiary alicyclic amines) is 1. The van der Waals surface area contributed by atoms with E-state index in [1.807, 2.05) is 30.3 Å². The lowest BCUT2D eigenvalue weighted by Gasteiger charge is -2.31. The van der Waals surface area contributed by atoms with Crippen LogP contribution in [-0.4, -0.2) is 40.7 Å². The van der Waals surface area contributed by atoms with Gasteiger partial charge < -0.3 is 10.0 Å². The minimum absolute atomic E-state index is 0.0490. The molecule has 0 unspecified atom stereocenters. The van der Waals surface area contributed by atoms with Gasteiger partial charge in [-0.05, 0) is 49.1 Å². The van der Waals surface area contributed by atoms with Crippen molar-refractivity contribution in [3.05, 3.63) is 65.7 Å². The highest BCUT2D eigenvalue weighted by molar-refractivity contribution is 7.99. The summed E-state index contributed by atoms with van der Waals surface area (Å²) in [6, 6.07) is 18.1. The van der Waals surface area contributed by atoms with E-state index in [1.54, 1.807) is 16.7 Å². The van der Waals surface area contributed by atoms with Gasteiger partial charge in [0.2, 0.25) is 0 Å². The van der Waals surface area contributed by atoms with Gasteiger partial charge in [0.1, 0.15) is 0 Å². The Morgan fingerprint density at radius 3 is 2.59 bits per heavy atom. The second-order valence-electron chi connectivity index (χ2n) is 6.86. The largest absolute Gasteiger partial charge is 0.481 e. The van der Waals surface area contributed by atoms with Gasteiger partial charge in [-0.3, -0.25) is 9.59 Å². The highest BCUT2D eigenvalue weighted by Gasteiger charge is 2.29. The number of piperidine rings is 1. The Morgan fingerprint density at radius 2 is 1.81 bits per heavy atom. The maximum atomic E-state index is 13.0. The van der Waals surface area contributed by atoms with Crippen LogP contribution in [0.4, 0.5) is 0 Å². The Balaban J connectivity index is 1.59. The molecule has 27 heavy (non-hydrogen) atoms. The SMILES string of the molecule is O=C(O)[C@H]1CCCN(C(=O)c2ccccc2SCCCc2ccccc2)C1.